The lowest BCUT2D eigenvalue weighted by atomic mass is 10.0. The van der Waals surface area contributed by atoms with Gasteiger partial charge >= 0.3 is 6.03 Å². The van der Waals surface area contributed by atoms with Crippen molar-refractivity contribution < 1.29 is 4.79 Å². The predicted octanol–water partition coefficient (Wildman–Crippen LogP) is 5.44. The summed E-state index contributed by atoms with van der Waals surface area (Å²) >= 11 is 11.9. The van der Waals surface area contributed by atoms with E-state index in [-0.39, 0.29) is 6.03 Å². The maximum atomic E-state index is 11.9. The molecule has 22 heavy (non-hydrogen) atoms. The highest BCUT2D eigenvalue weighted by Crippen LogP contribution is 2.21. The Labute approximate surface area is 140 Å². The van der Waals surface area contributed by atoms with Gasteiger partial charge in [-0.1, -0.05) is 55.2 Å². The molecule has 0 heterocycles. The highest BCUT2D eigenvalue weighted by atomic mass is 35.5. The number of hydrogen-bond donors (Lipinski definition) is 2. The van der Waals surface area contributed by atoms with E-state index in [2.05, 4.69) is 24.5 Å². The van der Waals surface area contributed by atoms with E-state index in [1.54, 1.807) is 18.2 Å². The van der Waals surface area contributed by atoms with E-state index in [0.29, 0.717) is 22.5 Å². The second kappa shape index (κ2) is 7.52. The number of rotatable bonds is 4. The molecule has 0 aliphatic heterocycles. The lowest BCUT2D eigenvalue weighted by molar-refractivity contribution is 0.251. The van der Waals surface area contributed by atoms with E-state index in [4.69, 9.17) is 23.2 Å². The first-order valence-electron chi connectivity index (χ1n) is 7.04. The van der Waals surface area contributed by atoms with Gasteiger partial charge in [0, 0.05) is 22.3 Å². The third kappa shape index (κ3) is 4.65. The van der Waals surface area contributed by atoms with E-state index in [1.165, 1.54) is 5.56 Å². The number of carbonyl (C=O) groups is 1. The van der Waals surface area contributed by atoms with Crippen LogP contribution in [0.1, 0.15) is 30.9 Å². The fraction of sp³-hybridized carbons (Fsp3) is 0.235. The van der Waals surface area contributed by atoms with Crippen molar-refractivity contribution in [3.8, 4) is 0 Å². The average Bonchev–Trinajstić information content (AvgIpc) is 2.47. The number of hydrogen-bond acceptors (Lipinski definition) is 1. The van der Waals surface area contributed by atoms with Crippen LogP contribution in [0.3, 0.4) is 0 Å². The number of carbonyl (C=O) groups excluding carboxylic acids is 1. The van der Waals surface area contributed by atoms with Crippen LogP contribution in [0.15, 0.2) is 42.5 Å². The van der Waals surface area contributed by atoms with Gasteiger partial charge in [-0.3, -0.25) is 0 Å². The second-order valence-electron chi connectivity index (χ2n) is 5.32. The Morgan fingerprint density at radius 2 is 1.77 bits per heavy atom. The summed E-state index contributed by atoms with van der Waals surface area (Å²) in [5.74, 6) is 0.468. The highest BCUT2D eigenvalue weighted by Gasteiger charge is 2.05. The molecule has 0 fully saturated rings. The summed E-state index contributed by atoms with van der Waals surface area (Å²) in [6.07, 6.45) is 0. The first kappa shape index (κ1) is 16.7. The molecule has 0 saturated carbocycles. The Kier molecular flexibility index (Phi) is 5.69. The van der Waals surface area contributed by atoms with Gasteiger partial charge in [-0.25, -0.2) is 4.79 Å². The molecule has 0 radical (unpaired) electrons. The van der Waals surface area contributed by atoms with Gasteiger partial charge in [0.2, 0.25) is 0 Å². The Morgan fingerprint density at radius 1 is 1.09 bits per heavy atom. The van der Waals surface area contributed by atoms with Gasteiger partial charge in [-0.2, -0.15) is 0 Å². The van der Waals surface area contributed by atoms with Crippen molar-refractivity contribution in [2.24, 2.45) is 0 Å². The van der Waals surface area contributed by atoms with Gasteiger partial charge in [-0.15, -0.1) is 0 Å². The van der Waals surface area contributed by atoms with E-state index in [1.807, 2.05) is 24.3 Å². The quantitative estimate of drug-likeness (QED) is 0.766. The summed E-state index contributed by atoms with van der Waals surface area (Å²) in [6, 6.07) is 12.7. The van der Waals surface area contributed by atoms with Crippen molar-refractivity contribution in [2.75, 3.05) is 5.32 Å². The molecular formula is C17H18Cl2N2O. The van der Waals surface area contributed by atoms with Crippen LogP contribution in [0, 0.1) is 0 Å². The number of urea groups is 1. The van der Waals surface area contributed by atoms with Crippen molar-refractivity contribution in [1.82, 2.24) is 5.32 Å². The average molecular weight is 337 g/mol. The van der Waals surface area contributed by atoms with E-state index in [9.17, 15) is 4.79 Å². The van der Waals surface area contributed by atoms with Crippen LogP contribution in [0.5, 0.6) is 0 Å². The Morgan fingerprint density at radius 3 is 2.36 bits per heavy atom. The van der Waals surface area contributed by atoms with E-state index >= 15 is 0 Å². The standard InChI is InChI=1S/C17H18Cl2N2O/c1-11(2)12-4-7-15(8-5-12)21-17(22)20-10-13-3-6-14(18)9-16(13)19/h3-9,11H,10H2,1-2H3,(H2,20,21,22). The molecule has 2 aromatic rings. The minimum atomic E-state index is -0.275. The van der Waals surface area contributed by atoms with E-state index in [0.717, 1.165) is 11.3 Å². The zero-order chi connectivity index (χ0) is 16.1. The van der Waals surface area contributed by atoms with Crippen LogP contribution in [-0.4, -0.2) is 6.03 Å². The summed E-state index contributed by atoms with van der Waals surface area (Å²) in [5.41, 5.74) is 2.80. The summed E-state index contributed by atoms with van der Waals surface area (Å²) < 4.78 is 0. The molecule has 2 rings (SSSR count). The number of anilines is 1. The molecule has 116 valence electrons. The van der Waals surface area contributed by atoms with Crippen LogP contribution in [0.2, 0.25) is 10.0 Å². The van der Waals surface area contributed by atoms with Crippen molar-refractivity contribution >= 4 is 34.9 Å². The first-order chi connectivity index (χ1) is 10.5. The van der Waals surface area contributed by atoms with Gasteiger partial charge in [0.25, 0.3) is 0 Å². The molecule has 3 nitrogen and oxygen atoms in total. The summed E-state index contributed by atoms with van der Waals surface area (Å²) in [7, 11) is 0. The van der Waals surface area contributed by atoms with Crippen molar-refractivity contribution in [3.63, 3.8) is 0 Å². The fourth-order valence-corrected chi connectivity index (χ4v) is 2.44. The molecule has 0 aliphatic carbocycles. The van der Waals surface area contributed by atoms with Crippen LogP contribution in [-0.2, 0) is 6.54 Å². The molecule has 0 spiro atoms. The van der Waals surface area contributed by atoms with Crippen molar-refractivity contribution in [2.45, 2.75) is 26.3 Å². The molecule has 0 aliphatic rings. The lowest BCUT2D eigenvalue weighted by Gasteiger charge is -2.10. The first-order valence-corrected chi connectivity index (χ1v) is 7.80. The van der Waals surface area contributed by atoms with Crippen LogP contribution in [0.25, 0.3) is 0 Å². The topological polar surface area (TPSA) is 41.1 Å². The lowest BCUT2D eigenvalue weighted by Crippen LogP contribution is -2.28. The number of amides is 2. The Hall–Kier alpha value is -1.71. The Bertz CT molecular complexity index is 654. The van der Waals surface area contributed by atoms with Crippen LogP contribution < -0.4 is 10.6 Å². The predicted molar refractivity (Wildman–Crippen MR) is 92.9 cm³/mol. The van der Waals surface area contributed by atoms with Gasteiger partial charge < -0.3 is 10.6 Å². The second-order valence-corrected chi connectivity index (χ2v) is 6.16. The van der Waals surface area contributed by atoms with Crippen molar-refractivity contribution in [1.29, 1.82) is 0 Å². The maximum absolute atomic E-state index is 11.9. The summed E-state index contributed by atoms with van der Waals surface area (Å²) in [5, 5.41) is 6.67. The smallest absolute Gasteiger partial charge is 0.319 e. The molecule has 5 heteroatoms. The normalized spacial score (nSPS) is 10.6. The molecule has 0 saturated heterocycles. The third-order valence-electron chi connectivity index (χ3n) is 3.29. The molecule has 0 unspecified atom stereocenters. The molecule has 0 aromatic heterocycles. The molecule has 2 aromatic carbocycles. The highest BCUT2D eigenvalue weighted by molar-refractivity contribution is 6.35. The molecule has 2 N–H and O–H groups in total. The largest absolute Gasteiger partial charge is 0.334 e. The Balaban J connectivity index is 1.90. The third-order valence-corrected chi connectivity index (χ3v) is 3.88. The fourth-order valence-electron chi connectivity index (χ4n) is 1.97. The van der Waals surface area contributed by atoms with E-state index < -0.39 is 0 Å². The number of nitrogens with one attached hydrogen (secondary N) is 2. The minimum absolute atomic E-state index is 0.275. The minimum Gasteiger partial charge on any atom is -0.334 e. The zero-order valence-corrected chi connectivity index (χ0v) is 14.0. The molecular weight excluding hydrogens is 319 g/mol. The zero-order valence-electron chi connectivity index (χ0n) is 12.5. The maximum Gasteiger partial charge on any atom is 0.319 e. The van der Waals surface area contributed by atoms with Gasteiger partial charge in [0.1, 0.15) is 0 Å². The SMILES string of the molecule is CC(C)c1ccc(NC(=O)NCc2ccc(Cl)cc2Cl)cc1. The monoisotopic (exact) mass is 336 g/mol. The van der Waals surface area contributed by atoms with Crippen LogP contribution >= 0.6 is 23.2 Å². The molecule has 0 atom stereocenters. The van der Waals surface area contributed by atoms with Gasteiger partial charge in [-0.05, 0) is 41.3 Å². The van der Waals surface area contributed by atoms with Crippen LogP contribution in [0.4, 0.5) is 10.5 Å². The van der Waals surface area contributed by atoms with Gasteiger partial charge in [0.05, 0.1) is 0 Å². The number of benzene rings is 2. The molecule has 0 bridgehead atoms. The number of halogens is 2. The van der Waals surface area contributed by atoms with Gasteiger partial charge in [0.15, 0.2) is 0 Å². The van der Waals surface area contributed by atoms with Crippen molar-refractivity contribution in [3.05, 3.63) is 63.6 Å². The summed E-state index contributed by atoms with van der Waals surface area (Å²) in [6.45, 7) is 4.60. The molecule has 2 amide bonds. The summed E-state index contributed by atoms with van der Waals surface area (Å²) in [4.78, 5) is 11.9.